The average molecular weight is 410 g/mol. The van der Waals surface area contributed by atoms with Crippen LogP contribution in [0.25, 0.3) is 0 Å². The maximum atomic E-state index is 6.19. The number of nitrogens with one attached hydrogen (secondary N) is 1. The summed E-state index contributed by atoms with van der Waals surface area (Å²) < 4.78 is 6.19. The van der Waals surface area contributed by atoms with Gasteiger partial charge in [-0.25, -0.2) is 0 Å². The van der Waals surface area contributed by atoms with Gasteiger partial charge in [0, 0.05) is 22.7 Å². The molecule has 2 aromatic rings. The smallest absolute Gasteiger partial charge is 0.124 e. The predicted molar refractivity (Wildman–Crippen MR) is 119 cm³/mol. The largest absolute Gasteiger partial charge is 0.489 e. The van der Waals surface area contributed by atoms with Crippen LogP contribution in [-0.2, 0) is 13.2 Å². The monoisotopic (exact) mass is 409 g/mol. The summed E-state index contributed by atoms with van der Waals surface area (Å²) in [6.45, 7) is 6.53. The fourth-order valence-corrected chi connectivity index (χ4v) is 7.59. The Labute approximate surface area is 180 Å². The zero-order chi connectivity index (χ0) is 20.1. The molecule has 4 saturated carbocycles. The lowest BCUT2D eigenvalue weighted by Gasteiger charge is -2.65. The van der Waals surface area contributed by atoms with Crippen molar-refractivity contribution in [2.75, 3.05) is 0 Å². The molecule has 29 heavy (non-hydrogen) atoms. The molecule has 0 saturated heterocycles. The van der Waals surface area contributed by atoms with E-state index in [2.05, 4.69) is 43.4 Å². The third-order valence-corrected chi connectivity index (χ3v) is 7.81. The van der Waals surface area contributed by atoms with Crippen molar-refractivity contribution >= 4 is 11.6 Å². The molecule has 4 aliphatic rings. The van der Waals surface area contributed by atoms with E-state index in [9.17, 15) is 0 Å². The van der Waals surface area contributed by atoms with Crippen LogP contribution < -0.4 is 10.1 Å². The lowest BCUT2D eigenvalue weighted by atomic mass is 9.43. The Kier molecular flexibility index (Phi) is 4.71. The first kappa shape index (κ1) is 19.5. The second-order valence-electron chi connectivity index (χ2n) is 10.8. The molecule has 154 valence electrons. The standard InChI is InChI=1S/C26H32ClNO/c1-24-11-20-12-25(2,16-24)18-26(13-20,17-24)28-14-21-5-3-4-6-23(21)29-15-19-7-9-22(27)10-8-19/h3-10,20,28H,11-18H2,1-2H3/t20?,24-,25+,26?. The van der Waals surface area contributed by atoms with Crippen molar-refractivity contribution in [3.8, 4) is 5.75 Å². The van der Waals surface area contributed by atoms with Gasteiger partial charge in [0.15, 0.2) is 0 Å². The molecule has 0 amide bonds. The first-order chi connectivity index (χ1) is 13.8. The summed E-state index contributed by atoms with van der Waals surface area (Å²) in [6, 6.07) is 16.4. The van der Waals surface area contributed by atoms with Crippen molar-refractivity contribution in [1.29, 1.82) is 0 Å². The van der Waals surface area contributed by atoms with Crippen molar-refractivity contribution in [3.63, 3.8) is 0 Å². The SMILES string of the molecule is C[C@]12CC3CC(NCc4ccccc4OCc4ccc(Cl)cc4)(C1)C[C@@](C)(C3)C2. The summed E-state index contributed by atoms with van der Waals surface area (Å²) in [5, 5.41) is 4.80. The Morgan fingerprint density at radius 2 is 1.62 bits per heavy atom. The van der Waals surface area contributed by atoms with Crippen molar-refractivity contribution < 1.29 is 4.74 Å². The van der Waals surface area contributed by atoms with E-state index >= 15 is 0 Å². The summed E-state index contributed by atoms with van der Waals surface area (Å²) in [5.74, 6) is 1.89. The van der Waals surface area contributed by atoms with Gasteiger partial charge < -0.3 is 10.1 Å². The molecule has 0 radical (unpaired) electrons. The summed E-state index contributed by atoms with van der Waals surface area (Å²) in [6.07, 6.45) is 8.31. The highest BCUT2D eigenvalue weighted by Crippen LogP contribution is 2.66. The molecule has 4 bridgehead atoms. The highest BCUT2D eigenvalue weighted by molar-refractivity contribution is 6.30. The van der Waals surface area contributed by atoms with Crippen molar-refractivity contribution in [3.05, 3.63) is 64.7 Å². The van der Waals surface area contributed by atoms with Crippen LogP contribution in [0.2, 0.25) is 5.02 Å². The molecular weight excluding hydrogens is 378 g/mol. The van der Waals surface area contributed by atoms with Crippen LogP contribution in [-0.4, -0.2) is 5.54 Å². The molecule has 2 unspecified atom stereocenters. The van der Waals surface area contributed by atoms with Gasteiger partial charge in [-0.3, -0.25) is 0 Å². The predicted octanol–water partition coefficient (Wildman–Crippen LogP) is 6.76. The number of para-hydroxylation sites is 1. The molecule has 4 aliphatic carbocycles. The lowest BCUT2D eigenvalue weighted by Crippen LogP contribution is -2.63. The molecule has 2 aromatic carbocycles. The highest BCUT2D eigenvalue weighted by atomic mass is 35.5. The second kappa shape index (κ2) is 7.03. The van der Waals surface area contributed by atoms with Crippen molar-refractivity contribution in [2.45, 2.75) is 71.1 Å². The van der Waals surface area contributed by atoms with Crippen molar-refractivity contribution in [1.82, 2.24) is 5.32 Å². The van der Waals surface area contributed by atoms with Crippen LogP contribution in [0.1, 0.15) is 63.5 Å². The van der Waals surface area contributed by atoms with Gasteiger partial charge in [-0.15, -0.1) is 0 Å². The zero-order valence-electron chi connectivity index (χ0n) is 17.6. The third kappa shape index (κ3) is 3.94. The van der Waals surface area contributed by atoms with Gasteiger partial charge in [-0.1, -0.05) is 55.8 Å². The fourth-order valence-electron chi connectivity index (χ4n) is 7.46. The highest BCUT2D eigenvalue weighted by Gasteiger charge is 2.59. The summed E-state index contributed by atoms with van der Waals surface area (Å²) in [4.78, 5) is 0. The van der Waals surface area contributed by atoms with Crippen LogP contribution in [0.5, 0.6) is 5.75 Å². The topological polar surface area (TPSA) is 21.3 Å². The molecule has 0 aromatic heterocycles. The fraction of sp³-hybridized carbons (Fsp3) is 0.538. The van der Waals surface area contributed by atoms with E-state index in [0.717, 1.165) is 28.8 Å². The van der Waals surface area contributed by atoms with E-state index in [1.807, 2.05) is 24.3 Å². The van der Waals surface area contributed by atoms with Crippen molar-refractivity contribution in [2.24, 2.45) is 16.7 Å². The van der Waals surface area contributed by atoms with E-state index in [4.69, 9.17) is 16.3 Å². The molecule has 6 rings (SSSR count). The first-order valence-corrected chi connectivity index (χ1v) is 11.4. The van der Waals surface area contributed by atoms with E-state index < -0.39 is 0 Å². The molecule has 0 aliphatic heterocycles. The summed E-state index contributed by atoms with van der Waals surface area (Å²) >= 11 is 5.99. The molecule has 4 fully saturated rings. The van der Waals surface area contributed by atoms with Gasteiger partial charge in [0.25, 0.3) is 0 Å². The van der Waals surface area contributed by atoms with Crippen LogP contribution in [0, 0.1) is 16.7 Å². The zero-order valence-corrected chi connectivity index (χ0v) is 18.4. The van der Waals surface area contributed by atoms with Gasteiger partial charge in [0.2, 0.25) is 0 Å². The van der Waals surface area contributed by atoms with Gasteiger partial charge in [-0.2, -0.15) is 0 Å². The molecule has 1 N–H and O–H groups in total. The molecule has 0 spiro atoms. The first-order valence-electron chi connectivity index (χ1n) is 11.0. The number of hydrogen-bond acceptors (Lipinski definition) is 2. The normalized spacial score (nSPS) is 35.1. The second-order valence-corrected chi connectivity index (χ2v) is 11.2. The number of rotatable bonds is 6. The van der Waals surface area contributed by atoms with Gasteiger partial charge >= 0.3 is 0 Å². The number of ether oxygens (including phenoxy) is 1. The minimum atomic E-state index is 0.312. The quantitative estimate of drug-likeness (QED) is 0.569. The number of halogens is 1. The van der Waals surface area contributed by atoms with Crippen LogP contribution >= 0.6 is 11.6 Å². The third-order valence-electron chi connectivity index (χ3n) is 7.56. The molecule has 0 heterocycles. The van der Waals surface area contributed by atoms with Crippen LogP contribution in [0.4, 0.5) is 0 Å². The lowest BCUT2D eigenvalue weighted by molar-refractivity contribution is -0.118. The Hall–Kier alpha value is -1.51. The Bertz CT molecular complexity index is 874. The van der Waals surface area contributed by atoms with Crippen LogP contribution in [0.3, 0.4) is 0 Å². The van der Waals surface area contributed by atoms with E-state index in [1.165, 1.54) is 44.1 Å². The van der Waals surface area contributed by atoms with Gasteiger partial charge in [0.1, 0.15) is 12.4 Å². The Balaban J connectivity index is 1.28. The van der Waals surface area contributed by atoms with E-state index in [-0.39, 0.29) is 0 Å². The number of benzene rings is 2. The Morgan fingerprint density at radius 3 is 2.31 bits per heavy atom. The molecule has 4 atom stereocenters. The minimum absolute atomic E-state index is 0.312. The summed E-state index contributed by atoms with van der Waals surface area (Å²) in [5.41, 5.74) is 3.77. The Morgan fingerprint density at radius 1 is 0.931 bits per heavy atom. The number of hydrogen-bond donors (Lipinski definition) is 1. The van der Waals surface area contributed by atoms with Gasteiger partial charge in [0.05, 0.1) is 0 Å². The molecule has 2 nitrogen and oxygen atoms in total. The van der Waals surface area contributed by atoms with E-state index in [0.29, 0.717) is 23.0 Å². The van der Waals surface area contributed by atoms with Crippen LogP contribution in [0.15, 0.2) is 48.5 Å². The maximum absolute atomic E-state index is 6.19. The summed E-state index contributed by atoms with van der Waals surface area (Å²) in [7, 11) is 0. The molecular formula is C26H32ClNO. The minimum Gasteiger partial charge on any atom is -0.489 e. The average Bonchev–Trinajstić information content (AvgIpc) is 2.64. The molecule has 3 heteroatoms. The van der Waals surface area contributed by atoms with E-state index in [1.54, 1.807) is 0 Å². The van der Waals surface area contributed by atoms with Gasteiger partial charge in [-0.05, 0) is 79.0 Å². The maximum Gasteiger partial charge on any atom is 0.124 e.